The Labute approximate surface area is 72.9 Å². The SMILES string of the molecule is CC(C)(C)OC(C)(O)NCC=O. The third-order valence-electron chi connectivity index (χ3n) is 1.02. The molecule has 12 heavy (non-hydrogen) atoms. The predicted octanol–water partition coefficient (Wildman–Crippen LogP) is 0.256. The molecule has 0 fully saturated rings. The maximum absolute atomic E-state index is 9.99. The predicted molar refractivity (Wildman–Crippen MR) is 45.5 cm³/mol. The quantitative estimate of drug-likeness (QED) is 0.475. The molecule has 0 aliphatic heterocycles. The largest absolute Gasteiger partial charge is 0.353 e. The zero-order valence-electron chi connectivity index (χ0n) is 8.05. The average Bonchev–Trinajstić information content (AvgIpc) is 1.78. The van der Waals surface area contributed by atoms with Gasteiger partial charge in [-0.3, -0.25) is 5.32 Å². The molecule has 0 heterocycles. The van der Waals surface area contributed by atoms with Crippen molar-refractivity contribution < 1.29 is 14.6 Å². The first kappa shape index (κ1) is 11.6. The molecule has 0 bridgehead atoms. The summed E-state index contributed by atoms with van der Waals surface area (Å²) in [5.41, 5.74) is -0.445. The highest BCUT2D eigenvalue weighted by Crippen LogP contribution is 2.14. The summed E-state index contributed by atoms with van der Waals surface area (Å²) in [6.45, 7) is 7.00. The van der Waals surface area contributed by atoms with Gasteiger partial charge in [0.15, 0.2) is 0 Å². The second-order valence-electron chi connectivity index (χ2n) is 3.74. The molecule has 1 atom stereocenters. The third-order valence-corrected chi connectivity index (χ3v) is 1.02. The van der Waals surface area contributed by atoms with E-state index in [1.165, 1.54) is 6.92 Å². The molecule has 0 aromatic rings. The zero-order valence-corrected chi connectivity index (χ0v) is 8.05. The highest BCUT2D eigenvalue weighted by Gasteiger charge is 2.26. The van der Waals surface area contributed by atoms with E-state index in [2.05, 4.69) is 5.32 Å². The first-order chi connectivity index (χ1) is 5.27. The van der Waals surface area contributed by atoms with Crippen LogP contribution >= 0.6 is 0 Å². The van der Waals surface area contributed by atoms with E-state index >= 15 is 0 Å². The topological polar surface area (TPSA) is 58.6 Å². The molecule has 0 radical (unpaired) electrons. The molecule has 0 rings (SSSR count). The van der Waals surface area contributed by atoms with Gasteiger partial charge in [-0.2, -0.15) is 0 Å². The molecule has 72 valence electrons. The molecule has 0 saturated heterocycles. The van der Waals surface area contributed by atoms with Crippen molar-refractivity contribution in [1.29, 1.82) is 0 Å². The van der Waals surface area contributed by atoms with Crippen molar-refractivity contribution in [2.45, 2.75) is 39.2 Å². The Morgan fingerprint density at radius 3 is 2.25 bits per heavy atom. The zero-order chi connectivity index (χ0) is 9.83. The van der Waals surface area contributed by atoms with Gasteiger partial charge < -0.3 is 14.6 Å². The summed E-state index contributed by atoms with van der Waals surface area (Å²) in [7, 11) is 0. The number of hydrogen-bond donors (Lipinski definition) is 2. The van der Waals surface area contributed by atoms with Crippen molar-refractivity contribution >= 4 is 6.29 Å². The molecule has 0 spiro atoms. The van der Waals surface area contributed by atoms with Gasteiger partial charge in [0.2, 0.25) is 5.91 Å². The lowest BCUT2D eigenvalue weighted by Crippen LogP contribution is -2.49. The summed E-state index contributed by atoms with van der Waals surface area (Å²) < 4.78 is 5.21. The van der Waals surface area contributed by atoms with Gasteiger partial charge in [0, 0.05) is 6.92 Å². The minimum Gasteiger partial charge on any atom is -0.353 e. The number of carbonyl (C=O) groups is 1. The van der Waals surface area contributed by atoms with Gasteiger partial charge in [-0.25, -0.2) is 0 Å². The van der Waals surface area contributed by atoms with E-state index in [0.717, 1.165) is 0 Å². The molecule has 0 aliphatic carbocycles. The van der Waals surface area contributed by atoms with E-state index in [1.54, 1.807) is 0 Å². The lowest BCUT2D eigenvalue weighted by atomic mass is 10.2. The first-order valence-corrected chi connectivity index (χ1v) is 3.88. The van der Waals surface area contributed by atoms with Gasteiger partial charge in [0.1, 0.15) is 6.29 Å². The second kappa shape index (κ2) is 3.98. The Kier molecular flexibility index (Phi) is 3.83. The van der Waals surface area contributed by atoms with E-state index in [-0.39, 0.29) is 6.54 Å². The van der Waals surface area contributed by atoms with Crippen LogP contribution in [0.3, 0.4) is 0 Å². The lowest BCUT2D eigenvalue weighted by Gasteiger charge is -2.32. The summed E-state index contributed by atoms with van der Waals surface area (Å²) >= 11 is 0. The average molecular weight is 175 g/mol. The van der Waals surface area contributed by atoms with Crippen LogP contribution in [0.25, 0.3) is 0 Å². The smallest absolute Gasteiger partial charge is 0.222 e. The Hall–Kier alpha value is -0.450. The van der Waals surface area contributed by atoms with Crippen LogP contribution in [0.4, 0.5) is 0 Å². The minimum atomic E-state index is -1.45. The molecule has 1 unspecified atom stereocenters. The number of aldehydes is 1. The molecule has 4 nitrogen and oxygen atoms in total. The maximum Gasteiger partial charge on any atom is 0.222 e. The molecular formula is C8H17NO3. The van der Waals surface area contributed by atoms with Crippen LogP contribution in [-0.4, -0.2) is 29.4 Å². The van der Waals surface area contributed by atoms with Crippen molar-refractivity contribution in [3.63, 3.8) is 0 Å². The van der Waals surface area contributed by atoms with Gasteiger partial charge in [-0.15, -0.1) is 0 Å². The molecule has 0 aromatic carbocycles. The number of aliphatic hydroxyl groups is 1. The second-order valence-corrected chi connectivity index (χ2v) is 3.74. The number of rotatable bonds is 4. The normalized spacial score (nSPS) is 17.1. The summed E-state index contributed by atoms with van der Waals surface area (Å²) in [5, 5.41) is 12.0. The van der Waals surface area contributed by atoms with Crippen LogP contribution in [-0.2, 0) is 9.53 Å². The lowest BCUT2D eigenvalue weighted by molar-refractivity contribution is -0.258. The van der Waals surface area contributed by atoms with Gasteiger partial charge >= 0.3 is 0 Å². The van der Waals surface area contributed by atoms with Crippen molar-refractivity contribution in [2.24, 2.45) is 0 Å². The van der Waals surface area contributed by atoms with Gasteiger partial charge in [0.25, 0.3) is 0 Å². The highest BCUT2D eigenvalue weighted by molar-refractivity contribution is 5.51. The van der Waals surface area contributed by atoms with Crippen LogP contribution in [0.15, 0.2) is 0 Å². The fourth-order valence-electron chi connectivity index (χ4n) is 0.863. The highest BCUT2D eigenvalue weighted by atomic mass is 16.7. The van der Waals surface area contributed by atoms with E-state index in [9.17, 15) is 9.90 Å². The van der Waals surface area contributed by atoms with Crippen molar-refractivity contribution in [3.8, 4) is 0 Å². The van der Waals surface area contributed by atoms with Crippen molar-refractivity contribution in [1.82, 2.24) is 5.32 Å². The summed E-state index contributed by atoms with van der Waals surface area (Å²) in [5.74, 6) is -1.45. The van der Waals surface area contributed by atoms with Gasteiger partial charge in [-0.05, 0) is 20.8 Å². The Morgan fingerprint density at radius 2 is 1.92 bits per heavy atom. The third kappa shape index (κ3) is 6.27. The number of nitrogens with one attached hydrogen (secondary N) is 1. The first-order valence-electron chi connectivity index (χ1n) is 3.88. The number of hydrogen-bond acceptors (Lipinski definition) is 4. The number of ether oxygens (including phenoxy) is 1. The summed E-state index contributed by atoms with van der Waals surface area (Å²) in [6, 6.07) is 0. The monoisotopic (exact) mass is 175 g/mol. The molecule has 2 N–H and O–H groups in total. The van der Waals surface area contributed by atoms with Crippen LogP contribution in [0, 0.1) is 0 Å². The fourth-order valence-corrected chi connectivity index (χ4v) is 0.863. The minimum absolute atomic E-state index is 0.0725. The molecular weight excluding hydrogens is 158 g/mol. The summed E-state index contributed by atoms with van der Waals surface area (Å²) in [6.07, 6.45) is 0.667. The standard InChI is InChI=1S/C8H17NO3/c1-7(2,3)12-8(4,11)9-5-6-10/h6,9,11H,5H2,1-4H3. The fraction of sp³-hybridized carbons (Fsp3) is 0.875. The number of carbonyl (C=O) groups excluding carboxylic acids is 1. The van der Waals surface area contributed by atoms with E-state index < -0.39 is 11.5 Å². The molecule has 0 amide bonds. The van der Waals surface area contributed by atoms with Gasteiger partial charge in [-0.1, -0.05) is 0 Å². The van der Waals surface area contributed by atoms with E-state index in [0.29, 0.717) is 6.29 Å². The summed E-state index contributed by atoms with van der Waals surface area (Å²) in [4.78, 5) is 9.99. The van der Waals surface area contributed by atoms with Crippen LogP contribution < -0.4 is 5.32 Å². The van der Waals surface area contributed by atoms with Crippen molar-refractivity contribution in [2.75, 3.05) is 6.54 Å². The molecule has 0 aliphatic rings. The molecule has 4 heteroatoms. The van der Waals surface area contributed by atoms with Crippen LogP contribution in [0.2, 0.25) is 0 Å². The maximum atomic E-state index is 9.99. The van der Waals surface area contributed by atoms with E-state index in [1.807, 2.05) is 20.8 Å². The Balaban J connectivity index is 3.94. The molecule has 0 saturated carbocycles. The van der Waals surface area contributed by atoms with E-state index in [4.69, 9.17) is 4.74 Å². The Morgan fingerprint density at radius 1 is 1.42 bits per heavy atom. The van der Waals surface area contributed by atoms with Crippen molar-refractivity contribution in [3.05, 3.63) is 0 Å². The van der Waals surface area contributed by atoms with Crippen LogP contribution in [0.5, 0.6) is 0 Å². The molecule has 0 aromatic heterocycles. The van der Waals surface area contributed by atoms with Crippen LogP contribution in [0.1, 0.15) is 27.7 Å². The van der Waals surface area contributed by atoms with Gasteiger partial charge in [0.05, 0.1) is 12.1 Å². The Bertz CT molecular complexity index is 149.